The standard InChI is InChI=1S/C19H33N5O/c1-23(2)18(25)11-20-19(22-17-10-13-3-4-14(17)9-13)21-15-7-8-24(12-15)16-5-6-16/h13-17H,3-12H2,1-2H3,(H2,20,21,22). The quantitative estimate of drug-likeness (QED) is 0.576. The molecule has 4 unspecified atom stereocenters. The van der Waals surface area contributed by atoms with Gasteiger partial charge in [-0.3, -0.25) is 9.69 Å². The maximum Gasteiger partial charge on any atom is 0.243 e. The van der Waals surface area contributed by atoms with Crippen LogP contribution < -0.4 is 10.6 Å². The Morgan fingerprint density at radius 1 is 1.12 bits per heavy atom. The number of nitrogens with zero attached hydrogens (tertiary/aromatic N) is 3. The number of carbonyl (C=O) groups is 1. The Balaban J connectivity index is 1.36. The molecule has 4 rings (SSSR count). The SMILES string of the molecule is CN(C)C(=O)CN=C(NC1CCN(C2CC2)C1)NC1CC2CCC1C2. The third kappa shape index (κ3) is 4.10. The van der Waals surface area contributed by atoms with E-state index in [4.69, 9.17) is 0 Å². The number of hydrogen-bond donors (Lipinski definition) is 2. The highest BCUT2D eigenvalue weighted by Crippen LogP contribution is 2.44. The summed E-state index contributed by atoms with van der Waals surface area (Å²) in [5, 5.41) is 7.31. The molecule has 0 aromatic heterocycles. The van der Waals surface area contributed by atoms with Crippen LogP contribution in [0.1, 0.15) is 44.9 Å². The number of aliphatic imine (C=N–C) groups is 1. The number of carbonyl (C=O) groups excluding carboxylic acids is 1. The molecule has 140 valence electrons. The van der Waals surface area contributed by atoms with Gasteiger partial charge in [-0.05, 0) is 50.4 Å². The van der Waals surface area contributed by atoms with Gasteiger partial charge in [0.1, 0.15) is 6.54 Å². The highest BCUT2D eigenvalue weighted by atomic mass is 16.2. The van der Waals surface area contributed by atoms with E-state index in [-0.39, 0.29) is 12.5 Å². The van der Waals surface area contributed by atoms with Crippen molar-refractivity contribution in [1.82, 2.24) is 20.4 Å². The molecule has 4 aliphatic rings. The zero-order valence-corrected chi connectivity index (χ0v) is 15.7. The van der Waals surface area contributed by atoms with Crippen molar-refractivity contribution in [1.29, 1.82) is 0 Å². The zero-order valence-electron chi connectivity index (χ0n) is 15.7. The largest absolute Gasteiger partial charge is 0.353 e. The maximum atomic E-state index is 12.0. The van der Waals surface area contributed by atoms with Crippen LogP contribution in [0.2, 0.25) is 0 Å². The monoisotopic (exact) mass is 347 g/mol. The van der Waals surface area contributed by atoms with Gasteiger partial charge in [0.15, 0.2) is 5.96 Å². The van der Waals surface area contributed by atoms with Crippen molar-refractivity contribution in [2.75, 3.05) is 33.7 Å². The summed E-state index contributed by atoms with van der Waals surface area (Å²) in [7, 11) is 3.58. The van der Waals surface area contributed by atoms with Gasteiger partial charge < -0.3 is 15.5 Å². The Bertz CT molecular complexity index is 530. The van der Waals surface area contributed by atoms with Crippen LogP contribution in [0.3, 0.4) is 0 Å². The molecule has 2 bridgehead atoms. The van der Waals surface area contributed by atoms with Crippen LogP contribution in [0.25, 0.3) is 0 Å². The molecular formula is C19H33N5O. The van der Waals surface area contributed by atoms with Gasteiger partial charge in [0.2, 0.25) is 5.91 Å². The summed E-state index contributed by atoms with van der Waals surface area (Å²) in [6.07, 6.45) is 9.32. The highest BCUT2D eigenvalue weighted by Gasteiger charge is 2.40. The number of nitrogens with one attached hydrogen (secondary N) is 2. The molecule has 1 aliphatic heterocycles. The first-order chi connectivity index (χ1) is 12.1. The molecule has 0 spiro atoms. The van der Waals surface area contributed by atoms with Gasteiger partial charge in [0.25, 0.3) is 0 Å². The first-order valence-electron chi connectivity index (χ1n) is 10.1. The van der Waals surface area contributed by atoms with Crippen LogP contribution in [0, 0.1) is 11.8 Å². The minimum absolute atomic E-state index is 0.0556. The molecule has 0 aromatic rings. The van der Waals surface area contributed by atoms with Crippen LogP contribution >= 0.6 is 0 Å². The Kier molecular flexibility index (Phi) is 4.89. The van der Waals surface area contributed by atoms with Gasteiger partial charge in [-0.2, -0.15) is 0 Å². The molecule has 3 saturated carbocycles. The molecule has 6 nitrogen and oxygen atoms in total. The van der Waals surface area contributed by atoms with E-state index in [2.05, 4.69) is 20.5 Å². The fraction of sp³-hybridized carbons (Fsp3) is 0.895. The van der Waals surface area contributed by atoms with E-state index < -0.39 is 0 Å². The van der Waals surface area contributed by atoms with Gasteiger partial charge in [-0.15, -0.1) is 0 Å². The van der Waals surface area contributed by atoms with Gasteiger partial charge in [0, 0.05) is 45.3 Å². The van der Waals surface area contributed by atoms with E-state index in [9.17, 15) is 4.79 Å². The van der Waals surface area contributed by atoms with Gasteiger partial charge in [-0.1, -0.05) is 6.42 Å². The molecule has 25 heavy (non-hydrogen) atoms. The summed E-state index contributed by atoms with van der Waals surface area (Å²) >= 11 is 0. The minimum Gasteiger partial charge on any atom is -0.353 e. The van der Waals surface area contributed by atoms with E-state index in [1.165, 1.54) is 51.5 Å². The lowest BCUT2D eigenvalue weighted by molar-refractivity contribution is -0.127. The molecule has 2 N–H and O–H groups in total. The Labute approximate surface area is 151 Å². The van der Waals surface area contributed by atoms with E-state index in [0.29, 0.717) is 12.1 Å². The second kappa shape index (κ2) is 7.14. The summed E-state index contributed by atoms with van der Waals surface area (Å²) in [6, 6.07) is 1.83. The lowest BCUT2D eigenvalue weighted by atomic mass is 9.95. The van der Waals surface area contributed by atoms with Crippen LogP contribution in [0.15, 0.2) is 4.99 Å². The van der Waals surface area contributed by atoms with E-state index in [1.807, 2.05) is 0 Å². The minimum atomic E-state index is 0.0556. The molecule has 1 saturated heterocycles. The second-order valence-corrected chi connectivity index (χ2v) is 8.73. The molecule has 0 radical (unpaired) electrons. The average molecular weight is 348 g/mol. The van der Waals surface area contributed by atoms with Crippen molar-refractivity contribution in [2.45, 2.75) is 63.1 Å². The van der Waals surface area contributed by atoms with Crippen molar-refractivity contribution >= 4 is 11.9 Å². The molecule has 6 heteroatoms. The number of fused-ring (bicyclic) bond motifs is 2. The number of rotatable bonds is 5. The van der Waals surface area contributed by atoms with Crippen molar-refractivity contribution in [3.05, 3.63) is 0 Å². The van der Waals surface area contributed by atoms with Crippen LogP contribution in [0.4, 0.5) is 0 Å². The van der Waals surface area contributed by atoms with Crippen molar-refractivity contribution in [3.8, 4) is 0 Å². The predicted octanol–water partition coefficient (Wildman–Crippen LogP) is 1.04. The smallest absolute Gasteiger partial charge is 0.243 e. The highest BCUT2D eigenvalue weighted by molar-refractivity contribution is 5.85. The molecule has 0 aromatic carbocycles. The van der Waals surface area contributed by atoms with Crippen molar-refractivity contribution in [2.24, 2.45) is 16.8 Å². The molecule has 1 heterocycles. The summed E-state index contributed by atoms with van der Waals surface area (Å²) in [5.41, 5.74) is 0. The summed E-state index contributed by atoms with van der Waals surface area (Å²) in [6.45, 7) is 2.53. The van der Waals surface area contributed by atoms with Crippen molar-refractivity contribution < 1.29 is 4.79 Å². The zero-order chi connectivity index (χ0) is 17.4. The third-order valence-electron chi connectivity index (χ3n) is 6.56. The van der Waals surface area contributed by atoms with Gasteiger partial charge in [0.05, 0.1) is 0 Å². The predicted molar refractivity (Wildman–Crippen MR) is 99.5 cm³/mol. The molecule has 1 amide bonds. The Hall–Kier alpha value is -1.30. The summed E-state index contributed by atoms with van der Waals surface area (Å²) in [4.78, 5) is 20.8. The average Bonchev–Trinajstić information content (AvgIpc) is 3.01. The topological polar surface area (TPSA) is 60.0 Å². The van der Waals surface area contributed by atoms with Gasteiger partial charge in [-0.25, -0.2) is 4.99 Å². The Morgan fingerprint density at radius 2 is 1.96 bits per heavy atom. The maximum absolute atomic E-state index is 12.0. The number of likely N-dealkylation sites (N-methyl/N-ethyl adjacent to an activating group) is 1. The van der Waals surface area contributed by atoms with Crippen LogP contribution in [-0.2, 0) is 4.79 Å². The number of likely N-dealkylation sites (tertiary alicyclic amines) is 1. The first-order valence-corrected chi connectivity index (χ1v) is 10.1. The molecule has 4 atom stereocenters. The lowest BCUT2D eigenvalue weighted by Gasteiger charge is -2.27. The third-order valence-corrected chi connectivity index (χ3v) is 6.56. The van der Waals surface area contributed by atoms with E-state index in [0.717, 1.165) is 30.4 Å². The summed E-state index contributed by atoms with van der Waals surface area (Å²) < 4.78 is 0. The normalized spacial score (nSPS) is 35.2. The fourth-order valence-electron chi connectivity index (χ4n) is 4.89. The van der Waals surface area contributed by atoms with E-state index in [1.54, 1.807) is 19.0 Å². The van der Waals surface area contributed by atoms with Crippen LogP contribution in [0.5, 0.6) is 0 Å². The van der Waals surface area contributed by atoms with Crippen molar-refractivity contribution in [3.63, 3.8) is 0 Å². The summed E-state index contributed by atoms with van der Waals surface area (Å²) in [5.74, 6) is 2.62. The number of hydrogen-bond acceptors (Lipinski definition) is 3. The number of amides is 1. The molecule has 3 aliphatic carbocycles. The fourth-order valence-corrected chi connectivity index (χ4v) is 4.89. The second-order valence-electron chi connectivity index (χ2n) is 8.73. The van der Waals surface area contributed by atoms with Gasteiger partial charge >= 0.3 is 0 Å². The Morgan fingerprint density at radius 3 is 2.60 bits per heavy atom. The lowest BCUT2D eigenvalue weighted by Crippen LogP contribution is -2.50. The first kappa shape index (κ1) is 17.1. The molecular weight excluding hydrogens is 314 g/mol. The number of guanidine groups is 1. The molecule has 4 fully saturated rings. The van der Waals surface area contributed by atoms with E-state index >= 15 is 0 Å². The van der Waals surface area contributed by atoms with Crippen LogP contribution in [-0.4, -0.2) is 73.5 Å².